The van der Waals surface area contributed by atoms with Gasteiger partial charge in [-0.1, -0.05) is 13.8 Å². The lowest BCUT2D eigenvalue weighted by Gasteiger charge is -2.35. The van der Waals surface area contributed by atoms with Gasteiger partial charge in [-0.15, -0.1) is 0 Å². The molecule has 3 atom stereocenters. The predicted octanol–water partition coefficient (Wildman–Crippen LogP) is -1.25. The average Bonchev–Trinajstić information content (AvgIpc) is 2.74. The molecule has 9 heteroatoms. The number of rotatable bonds is 9. The van der Waals surface area contributed by atoms with E-state index in [2.05, 4.69) is 4.89 Å². The number of hydrogen-bond donors (Lipinski definition) is 5. The van der Waals surface area contributed by atoms with E-state index >= 15 is 0 Å². The Labute approximate surface area is 127 Å². The van der Waals surface area contributed by atoms with Gasteiger partial charge < -0.3 is 34.8 Å². The Morgan fingerprint density at radius 2 is 1.86 bits per heavy atom. The second-order valence-corrected chi connectivity index (χ2v) is 5.47. The Hall–Kier alpha value is -1.39. The van der Waals surface area contributed by atoms with E-state index in [1.165, 1.54) is 0 Å². The minimum atomic E-state index is -1.74. The van der Waals surface area contributed by atoms with Gasteiger partial charge in [0.05, 0.1) is 13.2 Å². The second-order valence-electron chi connectivity index (χ2n) is 5.47. The molecule has 9 nitrogen and oxygen atoms in total. The maximum absolute atomic E-state index is 11.8. The van der Waals surface area contributed by atoms with E-state index in [1.807, 2.05) is 0 Å². The van der Waals surface area contributed by atoms with Crippen molar-refractivity contribution in [1.82, 2.24) is 0 Å². The average molecular weight is 322 g/mol. The van der Waals surface area contributed by atoms with E-state index in [4.69, 9.17) is 19.8 Å². The lowest BCUT2D eigenvalue weighted by molar-refractivity contribution is -0.211. The lowest BCUT2D eigenvalue weighted by atomic mass is 9.85. The maximum atomic E-state index is 11.8. The van der Waals surface area contributed by atoms with Gasteiger partial charge in [-0.2, -0.15) is 0 Å². The van der Waals surface area contributed by atoms with Crippen LogP contribution in [0.5, 0.6) is 0 Å². The largest absolute Gasteiger partial charge is 0.487 e. The summed E-state index contributed by atoms with van der Waals surface area (Å²) in [6, 6.07) is 0. The van der Waals surface area contributed by atoms with Crippen molar-refractivity contribution in [2.45, 2.75) is 38.1 Å². The van der Waals surface area contributed by atoms with Gasteiger partial charge in [0.25, 0.3) is 5.76 Å². The van der Waals surface area contributed by atoms with Crippen molar-refractivity contribution in [3.05, 3.63) is 11.5 Å². The molecule has 0 aromatic heterocycles. The van der Waals surface area contributed by atoms with Crippen molar-refractivity contribution in [2.24, 2.45) is 5.92 Å². The minimum Gasteiger partial charge on any atom is -0.487 e. The van der Waals surface area contributed by atoms with Crippen LogP contribution in [0.25, 0.3) is 0 Å². The van der Waals surface area contributed by atoms with Gasteiger partial charge in [0.1, 0.15) is 18.8 Å². The number of ether oxygens (including phenoxy) is 2. The van der Waals surface area contributed by atoms with Gasteiger partial charge in [-0.25, -0.2) is 10.1 Å². The summed E-state index contributed by atoms with van der Waals surface area (Å²) in [4.78, 5) is 15.8. The van der Waals surface area contributed by atoms with Crippen LogP contribution in [0.4, 0.5) is 0 Å². The second kappa shape index (κ2) is 7.75. The fraction of sp³-hybridized carbons (Fsp3) is 0.769. The van der Waals surface area contributed by atoms with Gasteiger partial charge in [-0.3, -0.25) is 0 Å². The van der Waals surface area contributed by atoms with Crippen LogP contribution in [-0.2, 0) is 19.2 Å². The fourth-order valence-corrected chi connectivity index (χ4v) is 2.29. The zero-order chi connectivity index (χ0) is 16.9. The zero-order valence-electron chi connectivity index (χ0n) is 12.4. The molecule has 128 valence electrons. The van der Waals surface area contributed by atoms with E-state index in [-0.39, 0.29) is 18.1 Å². The SMILES string of the molecule is CC(C)C[C@]1([C@@H](O)CO)OC(=O)C(OO)=C1OCC(O)CO. The van der Waals surface area contributed by atoms with Gasteiger partial charge >= 0.3 is 5.97 Å². The molecule has 0 radical (unpaired) electrons. The van der Waals surface area contributed by atoms with Crippen molar-refractivity contribution in [1.29, 1.82) is 0 Å². The molecule has 1 rings (SSSR count). The number of esters is 1. The topological polar surface area (TPSA) is 146 Å². The monoisotopic (exact) mass is 322 g/mol. The summed E-state index contributed by atoms with van der Waals surface area (Å²) in [7, 11) is 0. The summed E-state index contributed by atoms with van der Waals surface area (Å²) >= 11 is 0. The highest BCUT2D eigenvalue weighted by Crippen LogP contribution is 2.41. The van der Waals surface area contributed by atoms with Gasteiger partial charge in [-0.05, 0) is 12.3 Å². The molecular formula is C13H22O9. The Morgan fingerprint density at radius 1 is 1.23 bits per heavy atom. The first kappa shape index (κ1) is 18.7. The minimum absolute atomic E-state index is 0.0755. The van der Waals surface area contributed by atoms with E-state index in [0.29, 0.717) is 0 Å². The van der Waals surface area contributed by atoms with Crippen LogP contribution < -0.4 is 0 Å². The number of aliphatic hydroxyl groups excluding tert-OH is 4. The third-order valence-electron chi connectivity index (χ3n) is 3.20. The molecule has 0 aromatic rings. The van der Waals surface area contributed by atoms with E-state index < -0.39 is 49.4 Å². The Morgan fingerprint density at radius 3 is 2.32 bits per heavy atom. The number of cyclic esters (lactones) is 1. The molecule has 1 aliphatic heterocycles. The maximum Gasteiger partial charge on any atom is 0.382 e. The summed E-state index contributed by atoms with van der Waals surface area (Å²) in [5.74, 6) is -2.14. The van der Waals surface area contributed by atoms with Crippen LogP contribution in [0.3, 0.4) is 0 Å². The molecular weight excluding hydrogens is 300 g/mol. The fourth-order valence-electron chi connectivity index (χ4n) is 2.29. The normalized spacial score (nSPS) is 24.5. The van der Waals surface area contributed by atoms with Crippen molar-refractivity contribution >= 4 is 5.97 Å². The van der Waals surface area contributed by atoms with Crippen molar-refractivity contribution in [3.63, 3.8) is 0 Å². The number of carbonyl (C=O) groups is 1. The first-order valence-corrected chi connectivity index (χ1v) is 6.82. The van der Waals surface area contributed by atoms with Crippen LogP contribution in [0.15, 0.2) is 11.5 Å². The highest BCUT2D eigenvalue weighted by molar-refractivity contribution is 5.90. The molecule has 0 saturated heterocycles. The molecule has 0 aliphatic carbocycles. The quantitative estimate of drug-likeness (QED) is 0.200. The lowest BCUT2D eigenvalue weighted by Crippen LogP contribution is -2.48. The summed E-state index contributed by atoms with van der Waals surface area (Å²) in [5, 5.41) is 46.3. The van der Waals surface area contributed by atoms with E-state index in [0.717, 1.165) is 0 Å². The van der Waals surface area contributed by atoms with Crippen molar-refractivity contribution in [3.8, 4) is 0 Å². The molecule has 1 aliphatic rings. The third kappa shape index (κ3) is 3.68. The summed E-state index contributed by atoms with van der Waals surface area (Å²) in [6.45, 7) is 1.84. The molecule has 1 unspecified atom stereocenters. The Kier molecular flexibility index (Phi) is 6.57. The highest BCUT2D eigenvalue weighted by Gasteiger charge is 2.56. The molecule has 0 fully saturated rings. The van der Waals surface area contributed by atoms with E-state index in [9.17, 15) is 20.1 Å². The Bertz CT molecular complexity index is 420. The summed E-state index contributed by atoms with van der Waals surface area (Å²) in [6.07, 6.45) is -2.68. The van der Waals surface area contributed by atoms with Crippen LogP contribution in [0.1, 0.15) is 20.3 Å². The number of aliphatic hydroxyl groups is 4. The van der Waals surface area contributed by atoms with E-state index in [1.54, 1.807) is 13.8 Å². The molecule has 0 spiro atoms. The first-order valence-electron chi connectivity index (χ1n) is 6.82. The van der Waals surface area contributed by atoms with Gasteiger partial charge in [0.2, 0.25) is 5.60 Å². The molecule has 0 bridgehead atoms. The van der Waals surface area contributed by atoms with Crippen LogP contribution in [0.2, 0.25) is 0 Å². The van der Waals surface area contributed by atoms with Crippen molar-refractivity contribution in [2.75, 3.05) is 19.8 Å². The van der Waals surface area contributed by atoms with Crippen LogP contribution in [-0.4, -0.2) is 69.3 Å². The standard InChI is InChI=1S/C13H22O9/c1-7(2)3-13(9(17)5-15)11(20-6-8(16)4-14)10(22-19)12(18)21-13/h7-9,14-17,19H,3-6H2,1-2H3/t8?,9-,13+/m0/s1. The Balaban J connectivity index is 3.21. The summed E-state index contributed by atoms with van der Waals surface area (Å²) in [5.41, 5.74) is -1.74. The molecule has 0 aromatic carbocycles. The predicted molar refractivity (Wildman–Crippen MR) is 71.2 cm³/mol. The summed E-state index contributed by atoms with van der Waals surface area (Å²) < 4.78 is 10.4. The number of hydrogen-bond acceptors (Lipinski definition) is 9. The van der Waals surface area contributed by atoms with Gasteiger partial charge in [0.15, 0.2) is 5.76 Å². The van der Waals surface area contributed by atoms with Crippen LogP contribution in [0, 0.1) is 5.92 Å². The van der Waals surface area contributed by atoms with Gasteiger partial charge in [0, 0.05) is 0 Å². The smallest absolute Gasteiger partial charge is 0.382 e. The number of carbonyl (C=O) groups excluding carboxylic acids is 1. The van der Waals surface area contributed by atoms with Crippen molar-refractivity contribution < 1.29 is 44.8 Å². The first-order chi connectivity index (χ1) is 10.3. The molecule has 5 N–H and O–H groups in total. The van der Waals surface area contributed by atoms with Crippen LogP contribution >= 0.6 is 0 Å². The molecule has 22 heavy (non-hydrogen) atoms. The zero-order valence-corrected chi connectivity index (χ0v) is 12.4. The molecule has 0 amide bonds. The third-order valence-corrected chi connectivity index (χ3v) is 3.20. The molecule has 0 saturated carbocycles. The highest BCUT2D eigenvalue weighted by atomic mass is 17.1. The molecule has 1 heterocycles.